The molecule has 33 heavy (non-hydrogen) atoms. The average Bonchev–Trinajstić information content (AvgIpc) is 3.16. The quantitative estimate of drug-likeness (QED) is 0.513. The first kappa shape index (κ1) is 23.0. The maximum atomic E-state index is 15.2. The molecule has 10 heteroatoms. The molecule has 174 valence electrons. The Balaban J connectivity index is 1.66. The number of nitrogens with zero attached hydrogens (tertiary/aromatic N) is 4. The molecule has 2 heterocycles. The molecule has 0 unspecified atom stereocenters. The SMILES string of the molecule is COc1cccc(F)c1-c1c(F)cc(-c2nnc3n2CCN(C(=O)OC(C)(C)C)C3)cc1Cl. The molecule has 1 aliphatic rings. The highest BCUT2D eigenvalue weighted by Crippen LogP contribution is 2.40. The number of carbonyl (C=O) groups is 1. The molecule has 0 atom stereocenters. The largest absolute Gasteiger partial charge is 0.496 e. The van der Waals surface area contributed by atoms with E-state index in [0.717, 1.165) is 0 Å². The van der Waals surface area contributed by atoms with Gasteiger partial charge in [-0.2, -0.15) is 0 Å². The molecule has 0 radical (unpaired) electrons. The number of rotatable bonds is 3. The second-order valence-corrected chi connectivity index (χ2v) is 9.03. The molecule has 0 saturated heterocycles. The summed E-state index contributed by atoms with van der Waals surface area (Å²) in [4.78, 5) is 13.9. The third-order valence-corrected chi connectivity index (χ3v) is 5.45. The summed E-state index contributed by atoms with van der Waals surface area (Å²) in [5.74, 6) is -0.250. The molecule has 0 spiro atoms. The molecule has 7 nitrogen and oxygen atoms in total. The normalized spacial score (nSPS) is 13.6. The van der Waals surface area contributed by atoms with Gasteiger partial charge < -0.3 is 14.0 Å². The minimum atomic E-state index is -0.718. The highest BCUT2D eigenvalue weighted by Gasteiger charge is 2.29. The Morgan fingerprint density at radius 2 is 1.85 bits per heavy atom. The average molecular weight is 477 g/mol. The van der Waals surface area contributed by atoms with E-state index in [-0.39, 0.29) is 28.4 Å². The van der Waals surface area contributed by atoms with Crippen LogP contribution in [-0.4, -0.2) is 45.0 Å². The number of amides is 1. The van der Waals surface area contributed by atoms with Crippen molar-refractivity contribution in [3.8, 4) is 28.3 Å². The van der Waals surface area contributed by atoms with Crippen LogP contribution in [0.15, 0.2) is 30.3 Å². The molecule has 1 aliphatic heterocycles. The summed E-state index contributed by atoms with van der Waals surface area (Å²) in [6.07, 6.45) is -0.435. The maximum absolute atomic E-state index is 15.2. The van der Waals surface area contributed by atoms with Gasteiger partial charge in [-0.1, -0.05) is 17.7 Å². The summed E-state index contributed by atoms with van der Waals surface area (Å²) in [7, 11) is 1.38. The van der Waals surface area contributed by atoms with Crippen molar-refractivity contribution in [1.82, 2.24) is 19.7 Å². The van der Waals surface area contributed by atoms with E-state index < -0.39 is 23.3 Å². The first-order valence-electron chi connectivity index (χ1n) is 10.3. The van der Waals surface area contributed by atoms with Crippen LogP contribution in [0.5, 0.6) is 5.75 Å². The predicted molar refractivity (Wildman–Crippen MR) is 119 cm³/mol. The number of carbonyl (C=O) groups excluding carboxylic acids is 1. The van der Waals surface area contributed by atoms with Gasteiger partial charge in [-0.3, -0.25) is 4.90 Å². The first-order chi connectivity index (χ1) is 15.6. The van der Waals surface area contributed by atoms with Crippen molar-refractivity contribution >= 4 is 17.7 Å². The molecule has 3 aromatic rings. The van der Waals surface area contributed by atoms with E-state index in [1.807, 2.05) is 0 Å². The number of halogens is 3. The zero-order valence-corrected chi connectivity index (χ0v) is 19.4. The third kappa shape index (κ3) is 4.50. The Morgan fingerprint density at radius 3 is 2.52 bits per heavy atom. The van der Waals surface area contributed by atoms with Gasteiger partial charge in [0.05, 0.1) is 24.2 Å². The molecule has 2 aromatic carbocycles. The van der Waals surface area contributed by atoms with Crippen LogP contribution in [0, 0.1) is 11.6 Å². The van der Waals surface area contributed by atoms with Crippen molar-refractivity contribution in [3.63, 3.8) is 0 Å². The maximum Gasteiger partial charge on any atom is 0.410 e. The van der Waals surface area contributed by atoms with Crippen LogP contribution in [-0.2, 0) is 17.8 Å². The van der Waals surface area contributed by atoms with E-state index in [1.165, 1.54) is 37.4 Å². The lowest BCUT2D eigenvalue weighted by Crippen LogP contribution is -2.41. The van der Waals surface area contributed by atoms with Gasteiger partial charge in [0.25, 0.3) is 0 Å². The number of aromatic nitrogens is 3. The standard InChI is InChI=1S/C23H23ClF2N4O3/c1-23(2,3)33-22(31)29-8-9-30-18(12-29)27-28-21(30)13-10-14(24)19(16(26)11-13)20-15(25)6-5-7-17(20)32-4/h5-7,10-11H,8-9,12H2,1-4H3. The Bertz CT molecular complexity index is 1200. The number of methoxy groups -OCH3 is 1. The van der Waals surface area contributed by atoms with Crippen LogP contribution in [0.3, 0.4) is 0 Å². The van der Waals surface area contributed by atoms with Crippen LogP contribution in [0.1, 0.15) is 26.6 Å². The van der Waals surface area contributed by atoms with Gasteiger partial charge in [0.1, 0.15) is 23.0 Å². The summed E-state index contributed by atoms with van der Waals surface area (Å²) < 4.78 is 42.1. The van der Waals surface area contributed by atoms with Crippen LogP contribution in [0.4, 0.5) is 13.6 Å². The second kappa shape index (κ2) is 8.62. The van der Waals surface area contributed by atoms with E-state index in [1.54, 1.807) is 30.2 Å². The summed E-state index contributed by atoms with van der Waals surface area (Å²) in [6, 6.07) is 6.98. The highest BCUT2D eigenvalue weighted by atomic mass is 35.5. The van der Waals surface area contributed by atoms with Crippen LogP contribution < -0.4 is 4.74 Å². The smallest absolute Gasteiger partial charge is 0.410 e. The van der Waals surface area contributed by atoms with Crippen LogP contribution in [0.2, 0.25) is 5.02 Å². The Labute approximate surface area is 194 Å². The Morgan fingerprint density at radius 1 is 1.09 bits per heavy atom. The van der Waals surface area contributed by atoms with E-state index in [4.69, 9.17) is 21.1 Å². The first-order valence-corrected chi connectivity index (χ1v) is 10.7. The van der Waals surface area contributed by atoms with Gasteiger partial charge in [0, 0.05) is 24.2 Å². The minimum absolute atomic E-state index is 0.0111. The van der Waals surface area contributed by atoms with Crippen LogP contribution in [0.25, 0.3) is 22.5 Å². The topological polar surface area (TPSA) is 69.5 Å². The van der Waals surface area contributed by atoms with Gasteiger partial charge in [0.15, 0.2) is 11.6 Å². The fourth-order valence-corrected chi connectivity index (χ4v) is 4.01. The summed E-state index contributed by atoms with van der Waals surface area (Å²) in [5.41, 5.74) is -0.360. The number of benzene rings is 2. The Kier molecular flexibility index (Phi) is 6.00. The van der Waals surface area contributed by atoms with Crippen molar-refractivity contribution in [2.45, 2.75) is 39.5 Å². The molecular formula is C23H23ClF2N4O3. The molecule has 4 rings (SSSR count). The van der Waals surface area contributed by atoms with E-state index >= 15 is 4.39 Å². The molecule has 0 bridgehead atoms. The van der Waals surface area contributed by atoms with Gasteiger partial charge in [-0.05, 0) is 45.0 Å². The molecular weight excluding hydrogens is 454 g/mol. The monoisotopic (exact) mass is 476 g/mol. The molecule has 0 aliphatic carbocycles. The number of fused-ring (bicyclic) bond motifs is 1. The van der Waals surface area contributed by atoms with Crippen LogP contribution >= 0.6 is 11.6 Å². The molecule has 1 amide bonds. The van der Waals surface area contributed by atoms with Crippen molar-refractivity contribution in [1.29, 1.82) is 0 Å². The van der Waals surface area contributed by atoms with Crippen molar-refractivity contribution < 1.29 is 23.0 Å². The lowest BCUT2D eigenvalue weighted by atomic mass is 10.0. The van der Waals surface area contributed by atoms with Crippen molar-refractivity contribution in [2.75, 3.05) is 13.7 Å². The molecule has 0 N–H and O–H groups in total. The van der Waals surface area contributed by atoms with Gasteiger partial charge >= 0.3 is 6.09 Å². The van der Waals surface area contributed by atoms with Gasteiger partial charge in [-0.25, -0.2) is 13.6 Å². The molecule has 0 saturated carbocycles. The fraction of sp³-hybridized carbons (Fsp3) is 0.348. The summed E-state index contributed by atoms with van der Waals surface area (Å²) in [5, 5.41) is 8.36. The minimum Gasteiger partial charge on any atom is -0.496 e. The third-order valence-electron chi connectivity index (χ3n) is 5.15. The number of hydrogen-bond acceptors (Lipinski definition) is 5. The zero-order chi connectivity index (χ0) is 23.9. The van der Waals surface area contributed by atoms with E-state index in [2.05, 4.69) is 10.2 Å². The second-order valence-electron chi connectivity index (χ2n) is 8.63. The Hall–Kier alpha value is -3.20. The van der Waals surface area contributed by atoms with Gasteiger partial charge in [0.2, 0.25) is 0 Å². The zero-order valence-electron chi connectivity index (χ0n) is 18.7. The van der Waals surface area contributed by atoms with Crippen molar-refractivity contribution in [3.05, 3.63) is 52.8 Å². The lowest BCUT2D eigenvalue weighted by molar-refractivity contribution is 0.0196. The number of ether oxygens (including phenoxy) is 2. The fourth-order valence-electron chi connectivity index (χ4n) is 3.71. The van der Waals surface area contributed by atoms with E-state index in [9.17, 15) is 9.18 Å². The van der Waals surface area contributed by atoms with Gasteiger partial charge in [-0.15, -0.1) is 10.2 Å². The van der Waals surface area contributed by atoms with E-state index in [0.29, 0.717) is 30.3 Å². The highest BCUT2D eigenvalue weighted by molar-refractivity contribution is 6.33. The van der Waals surface area contributed by atoms with Crippen molar-refractivity contribution in [2.24, 2.45) is 0 Å². The summed E-state index contributed by atoms with van der Waals surface area (Å²) >= 11 is 6.41. The number of hydrogen-bond donors (Lipinski definition) is 0. The lowest BCUT2D eigenvalue weighted by Gasteiger charge is -2.30. The molecule has 1 aromatic heterocycles. The summed E-state index contributed by atoms with van der Waals surface area (Å²) in [6.45, 7) is 6.40. The molecule has 0 fully saturated rings. The predicted octanol–water partition coefficient (Wildman–Crippen LogP) is 5.30.